The molecule has 0 saturated heterocycles. The first-order valence-corrected chi connectivity index (χ1v) is 6.35. The van der Waals surface area contributed by atoms with Crippen LogP contribution < -0.4 is 5.32 Å². The summed E-state index contributed by atoms with van der Waals surface area (Å²) in [6, 6.07) is 6.47. The lowest BCUT2D eigenvalue weighted by Gasteiger charge is -2.10. The number of hydrogen-bond donors (Lipinski definition) is 2. The number of rotatable bonds is 3. The zero-order valence-corrected chi connectivity index (χ0v) is 12.1. The van der Waals surface area contributed by atoms with Gasteiger partial charge in [-0.25, -0.2) is 4.79 Å². The molecule has 1 aromatic heterocycles. The lowest BCUT2D eigenvalue weighted by molar-refractivity contribution is 0.0697. The summed E-state index contributed by atoms with van der Waals surface area (Å²) in [4.78, 5) is 10.9. The average Bonchev–Trinajstić information content (AvgIpc) is 2.43. The van der Waals surface area contributed by atoms with Crippen LogP contribution in [0, 0.1) is 25.2 Å². The predicted molar refractivity (Wildman–Crippen MR) is 77.9 cm³/mol. The van der Waals surface area contributed by atoms with E-state index in [-0.39, 0.29) is 10.6 Å². The molecule has 1 heterocycles. The third kappa shape index (κ3) is 2.93. The van der Waals surface area contributed by atoms with Crippen LogP contribution in [0.15, 0.2) is 18.2 Å². The van der Waals surface area contributed by atoms with E-state index in [4.69, 9.17) is 16.7 Å². The van der Waals surface area contributed by atoms with Crippen molar-refractivity contribution in [1.29, 1.82) is 5.26 Å². The second kappa shape index (κ2) is 5.77. The van der Waals surface area contributed by atoms with Gasteiger partial charge in [-0.1, -0.05) is 11.6 Å². The van der Waals surface area contributed by atoms with Gasteiger partial charge in [-0.15, -0.1) is 5.10 Å². The molecular formula is C14H11ClN4O2. The van der Waals surface area contributed by atoms with Crippen LogP contribution in [0.4, 0.5) is 11.5 Å². The third-order valence-corrected chi connectivity index (χ3v) is 3.34. The molecule has 1 aromatic carbocycles. The van der Waals surface area contributed by atoms with Crippen LogP contribution in [0.2, 0.25) is 5.02 Å². The van der Waals surface area contributed by atoms with Gasteiger partial charge in [0.15, 0.2) is 5.82 Å². The molecule has 0 unspecified atom stereocenters. The van der Waals surface area contributed by atoms with E-state index < -0.39 is 5.97 Å². The van der Waals surface area contributed by atoms with Crippen LogP contribution in [-0.4, -0.2) is 21.3 Å². The van der Waals surface area contributed by atoms with Crippen molar-refractivity contribution in [2.24, 2.45) is 0 Å². The maximum Gasteiger partial charge on any atom is 0.337 e. The fourth-order valence-electron chi connectivity index (χ4n) is 1.74. The number of carboxylic acid groups (broad SMARTS) is 1. The number of aryl methyl sites for hydroxylation is 1. The van der Waals surface area contributed by atoms with E-state index in [1.54, 1.807) is 19.9 Å². The minimum atomic E-state index is -1.10. The van der Waals surface area contributed by atoms with Crippen LogP contribution >= 0.6 is 11.6 Å². The molecule has 0 fully saturated rings. The smallest absolute Gasteiger partial charge is 0.337 e. The van der Waals surface area contributed by atoms with Crippen LogP contribution in [0.5, 0.6) is 0 Å². The second-order valence-electron chi connectivity index (χ2n) is 4.37. The maximum absolute atomic E-state index is 10.9. The number of nitriles is 1. The highest BCUT2D eigenvalue weighted by Crippen LogP contribution is 2.25. The van der Waals surface area contributed by atoms with Crippen LogP contribution in [0.25, 0.3) is 0 Å². The summed E-state index contributed by atoms with van der Waals surface area (Å²) in [7, 11) is 0. The van der Waals surface area contributed by atoms with Gasteiger partial charge in [0.25, 0.3) is 0 Å². The molecule has 7 heteroatoms. The molecule has 0 bridgehead atoms. The summed E-state index contributed by atoms with van der Waals surface area (Å²) < 4.78 is 0. The molecule has 2 aromatic rings. The average molecular weight is 303 g/mol. The van der Waals surface area contributed by atoms with Gasteiger partial charge in [-0.05, 0) is 37.6 Å². The first-order chi connectivity index (χ1) is 9.93. The quantitative estimate of drug-likeness (QED) is 0.904. The zero-order chi connectivity index (χ0) is 15.6. The van der Waals surface area contributed by atoms with Gasteiger partial charge in [0.05, 0.1) is 16.3 Å². The monoisotopic (exact) mass is 302 g/mol. The van der Waals surface area contributed by atoms with Gasteiger partial charge in [0, 0.05) is 5.69 Å². The van der Waals surface area contributed by atoms with Crippen molar-refractivity contribution in [3.63, 3.8) is 0 Å². The van der Waals surface area contributed by atoms with Crippen molar-refractivity contribution in [1.82, 2.24) is 10.2 Å². The van der Waals surface area contributed by atoms with E-state index >= 15 is 0 Å². The number of aromatic nitrogens is 2. The Morgan fingerprint density at radius 2 is 2.10 bits per heavy atom. The van der Waals surface area contributed by atoms with E-state index in [1.165, 1.54) is 12.1 Å². The highest BCUT2D eigenvalue weighted by molar-refractivity contribution is 6.33. The molecule has 0 spiro atoms. The normalized spacial score (nSPS) is 10.0. The lowest BCUT2D eigenvalue weighted by Crippen LogP contribution is -2.04. The topological polar surface area (TPSA) is 98.9 Å². The molecule has 0 radical (unpaired) electrons. The largest absolute Gasteiger partial charge is 0.478 e. The maximum atomic E-state index is 10.9. The lowest BCUT2D eigenvalue weighted by atomic mass is 10.1. The number of benzene rings is 1. The van der Waals surface area contributed by atoms with Crippen molar-refractivity contribution < 1.29 is 9.90 Å². The van der Waals surface area contributed by atoms with Gasteiger partial charge in [-0.2, -0.15) is 10.4 Å². The van der Waals surface area contributed by atoms with Crippen molar-refractivity contribution >= 4 is 29.1 Å². The first kappa shape index (κ1) is 14.8. The third-order valence-electron chi connectivity index (χ3n) is 3.03. The van der Waals surface area contributed by atoms with Crippen molar-refractivity contribution in [2.45, 2.75) is 13.8 Å². The van der Waals surface area contributed by atoms with Gasteiger partial charge in [0.2, 0.25) is 0 Å². The summed E-state index contributed by atoms with van der Waals surface area (Å²) in [6.45, 7) is 3.56. The Labute approximate surface area is 126 Å². The molecule has 0 atom stereocenters. The Hall–Kier alpha value is -2.65. The number of hydrogen-bond acceptors (Lipinski definition) is 5. The molecule has 2 N–H and O–H groups in total. The van der Waals surface area contributed by atoms with E-state index in [9.17, 15) is 10.1 Å². The minimum absolute atomic E-state index is 0.00824. The van der Waals surface area contributed by atoms with E-state index in [1.807, 2.05) is 0 Å². The van der Waals surface area contributed by atoms with Crippen molar-refractivity contribution in [3.8, 4) is 6.07 Å². The first-order valence-electron chi connectivity index (χ1n) is 5.98. The summed E-state index contributed by atoms with van der Waals surface area (Å²) in [5.74, 6) is -0.796. The summed E-state index contributed by atoms with van der Waals surface area (Å²) >= 11 is 5.90. The van der Waals surface area contributed by atoms with E-state index in [0.717, 1.165) is 5.56 Å². The number of nitrogens with zero attached hydrogens (tertiary/aromatic N) is 3. The number of carbonyl (C=O) groups is 1. The van der Waals surface area contributed by atoms with Crippen LogP contribution in [0.1, 0.15) is 27.2 Å². The highest BCUT2D eigenvalue weighted by atomic mass is 35.5. The van der Waals surface area contributed by atoms with Crippen molar-refractivity contribution in [2.75, 3.05) is 5.32 Å². The molecule has 21 heavy (non-hydrogen) atoms. The number of aromatic carboxylic acids is 1. The van der Waals surface area contributed by atoms with Gasteiger partial charge in [-0.3, -0.25) is 0 Å². The fraction of sp³-hybridized carbons (Fsp3) is 0.143. The number of nitrogens with one attached hydrogen (secondary N) is 1. The minimum Gasteiger partial charge on any atom is -0.478 e. The SMILES string of the molecule is Cc1nnc(Nc2ccc(C(=O)O)c(Cl)c2)c(C#N)c1C. The van der Waals surface area contributed by atoms with Gasteiger partial charge >= 0.3 is 5.97 Å². The Bertz CT molecular complexity index is 768. The number of anilines is 2. The fourth-order valence-corrected chi connectivity index (χ4v) is 2.00. The molecule has 6 nitrogen and oxygen atoms in total. The Morgan fingerprint density at radius 1 is 1.38 bits per heavy atom. The summed E-state index contributed by atoms with van der Waals surface area (Å²) in [5.41, 5.74) is 2.34. The molecule has 106 valence electrons. The van der Waals surface area contributed by atoms with E-state index in [2.05, 4.69) is 21.6 Å². The molecule has 0 aliphatic heterocycles. The van der Waals surface area contributed by atoms with E-state index in [0.29, 0.717) is 22.8 Å². The Morgan fingerprint density at radius 3 is 2.67 bits per heavy atom. The molecular weight excluding hydrogens is 292 g/mol. The molecule has 0 amide bonds. The number of halogens is 1. The second-order valence-corrected chi connectivity index (χ2v) is 4.78. The summed E-state index contributed by atoms with van der Waals surface area (Å²) in [6.07, 6.45) is 0. The molecule has 0 saturated carbocycles. The summed E-state index contributed by atoms with van der Waals surface area (Å²) in [5, 5.41) is 29.1. The Balaban J connectivity index is 2.40. The standard InChI is InChI=1S/C14H11ClN4O2/c1-7-8(2)18-19-13(11(7)6-16)17-9-3-4-10(14(20)21)12(15)5-9/h3-5H,1-2H3,(H,17,19)(H,20,21). The number of carboxylic acids is 1. The zero-order valence-electron chi connectivity index (χ0n) is 11.3. The van der Waals surface area contributed by atoms with Crippen LogP contribution in [0.3, 0.4) is 0 Å². The molecule has 0 aliphatic rings. The van der Waals surface area contributed by atoms with Gasteiger partial charge in [0.1, 0.15) is 11.6 Å². The predicted octanol–water partition coefficient (Wildman–Crippen LogP) is 3.06. The van der Waals surface area contributed by atoms with Crippen LogP contribution in [-0.2, 0) is 0 Å². The van der Waals surface area contributed by atoms with Crippen molar-refractivity contribution in [3.05, 3.63) is 45.6 Å². The molecule has 0 aliphatic carbocycles. The Kier molecular flexibility index (Phi) is 4.05. The highest BCUT2D eigenvalue weighted by Gasteiger charge is 2.13. The molecule has 2 rings (SSSR count). The van der Waals surface area contributed by atoms with Gasteiger partial charge < -0.3 is 10.4 Å².